The van der Waals surface area contributed by atoms with Gasteiger partial charge in [0.2, 0.25) is 10.0 Å². The molecule has 2 rings (SSSR count). The number of primary sulfonamides is 1. The fourth-order valence-corrected chi connectivity index (χ4v) is 3.09. The topological polar surface area (TPSA) is 72.2 Å². The molecule has 2 unspecified atom stereocenters. The van der Waals surface area contributed by atoms with E-state index in [1.54, 1.807) is 12.1 Å². The van der Waals surface area contributed by atoms with E-state index in [1.807, 2.05) is 6.07 Å². The summed E-state index contributed by atoms with van der Waals surface area (Å²) in [7, 11) is -3.63. The van der Waals surface area contributed by atoms with E-state index in [0.29, 0.717) is 6.04 Å². The monoisotopic (exact) mass is 296 g/mol. The number of nitrogens with two attached hydrogens (primary N) is 1. The van der Waals surface area contributed by atoms with Crippen LogP contribution in [0.1, 0.15) is 51.1 Å². The Kier molecular flexibility index (Phi) is 4.83. The Balaban J connectivity index is 2.05. The summed E-state index contributed by atoms with van der Waals surface area (Å²) in [6, 6.07) is 7.51. The van der Waals surface area contributed by atoms with Crippen molar-refractivity contribution in [2.24, 2.45) is 11.1 Å². The van der Waals surface area contributed by atoms with Gasteiger partial charge in [-0.25, -0.2) is 13.6 Å². The first-order chi connectivity index (χ1) is 9.40. The van der Waals surface area contributed by atoms with E-state index in [9.17, 15) is 8.42 Å². The van der Waals surface area contributed by atoms with Crippen LogP contribution in [0.5, 0.6) is 0 Å². The molecular weight excluding hydrogens is 272 g/mol. The van der Waals surface area contributed by atoms with Crippen LogP contribution in [0, 0.1) is 5.92 Å². The molecule has 1 aliphatic rings. The minimum Gasteiger partial charge on any atom is -0.307 e. The summed E-state index contributed by atoms with van der Waals surface area (Å²) in [5.74, 6) is 0.885. The lowest BCUT2D eigenvalue weighted by Crippen LogP contribution is -2.31. The summed E-state index contributed by atoms with van der Waals surface area (Å²) in [6.07, 6.45) is 5.02. The molecule has 4 nitrogen and oxygen atoms in total. The number of hydrogen-bond donors (Lipinski definition) is 2. The molecule has 1 aromatic rings. The molecule has 0 aromatic heterocycles. The first-order valence-corrected chi connectivity index (χ1v) is 8.83. The summed E-state index contributed by atoms with van der Waals surface area (Å²) in [5.41, 5.74) is 0.964. The molecule has 0 aliphatic heterocycles. The van der Waals surface area contributed by atoms with Crippen molar-refractivity contribution in [1.29, 1.82) is 0 Å². The first kappa shape index (κ1) is 15.5. The van der Waals surface area contributed by atoms with Crippen molar-refractivity contribution in [2.45, 2.75) is 56.5 Å². The highest BCUT2D eigenvalue weighted by atomic mass is 32.2. The Morgan fingerprint density at radius 2 is 2.10 bits per heavy atom. The molecule has 0 radical (unpaired) electrons. The quantitative estimate of drug-likeness (QED) is 0.812. The van der Waals surface area contributed by atoms with Crippen molar-refractivity contribution in [2.75, 3.05) is 0 Å². The molecule has 20 heavy (non-hydrogen) atoms. The maximum atomic E-state index is 11.4. The van der Waals surface area contributed by atoms with E-state index in [2.05, 4.69) is 19.2 Å². The maximum absolute atomic E-state index is 11.4. The number of rotatable bonds is 7. The second kappa shape index (κ2) is 6.24. The lowest BCUT2D eigenvalue weighted by molar-refractivity contribution is 0.404. The van der Waals surface area contributed by atoms with Crippen molar-refractivity contribution in [3.05, 3.63) is 29.8 Å². The van der Waals surface area contributed by atoms with E-state index < -0.39 is 10.0 Å². The number of sulfonamides is 1. The smallest absolute Gasteiger partial charge is 0.238 e. The Morgan fingerprint density at radius 1 is 1.40 bits per heavy atom. The van der Waals surface area contributed by atoms with E-state index in [0.717, 1.165) is 17.9 Å². The molecule has 0 spiro atoms. The van der Waals surface area contributed by atoms with Crippen LogP contribution in [0.4, 0.5) is 0 Å². The second-order valence-corrected chi connectivity index (χ2v) is 7.35. The van der Waals surface area contributed by atoms with E-state index >= 15 is 0 Å². The molecule has 0 saturated heterocycles. The minimum atomic E-state index is -3.63. The average molecular weight is 296 g/mol. The van der Waals surface area contributed by atoms with Gasteiger partial charge in [0.25, 0.3) is 0 Å². The van der Waals surface area contributed by atoms with Gasteiger partial charge in [-0.3, -0.25) is 0 Å². The summed E-state index contributed by atoms with van der Waals surface area (Å²) in [4.78, 5) is 0.180. The molecule has 1 saturated carbocycles. The van der Waals surface area contributed by atoms with Crippen LogP contribution < -0.4 is 10.5 Å². The summed E-state index contributed by atoms with van der Waals surface area (Å²) >= 11 is 0. The third-order valence-electron chi connectivity index (χ3n) is 3.98. The standard InChI is InChI=1S/C15H24N2O2S/c1-3-14(9-12-7-8-12)17-11(2)13-5-4-6-15(10-13)20(16,18)19/h4-6,10-12,14,17H,3,7-9H2,1-2H3,(H2,16,18,19). The molecule has 0 heterocycles. The van der Waals surface area contributed by atoms with Gasteiger partial charge in [-0.2, -0.15) is 0 Å². The molecule has 1 fully saturated rings. The van der Waals surface area contributed by atoms with Crippen molar-refractivity contribution in [3.63, 3.8) is 0 Å². The third-order valence-corrected chi connectivity index (χ3v) is 4.89. The zero-order valence-corrected chi connectivity index (χ0v) is 13.0. The molecule has 0 amide bonds. The Labute approximate surface area is 121 Å². The van der Waals surface area contributed by atoms with Crippen molar-refractivity contribution >= 4 is 10.0 Å². The summed E-state index contributed by atoms with van der Waals surface area (Å²) in [5, 5.41) is 8.78. The van der Waals surface area contributed by atoms with Crippen molar-refractivity contribution in [3.8, 4) is 0 Å². The molecule has 5 heteroatoms. The normalized spacial score (nSPS) is 18.8. The predicted molar refractivity (Wildman–Crippen MR) is 80.8 cm³/mol. The third kappa shape index (κ3) is 4.30. The fraction of sp³-hybridized carbons (Fsp3) is 0.600. The highest BCUT2D eigenvalue weighted by Gasteiger charge is 2.25. The van der Waals surface area contributed by atoms with Gasteiger partial charge in [-0.1, -0.05) is 31.9 Å². The Bertz CT molecular complexity index is 553. The highest BCUT2D eigenvalue weighted by molar-refractivity contribution is 7.89. The van der Waals surface area contributed by atoms with Crippen molar-refractivity contribution in [1.82, 2.24) is 5.32 Å². The fourth-order valence-electron chi connectivity index (χ4n) is 2.52. The van der Waals surface area contributed by atoms with Gasteiger partial charge in [0.1, 0.15) is 0 Å². The van der Waals surface area contributed by atoms with E-state index in [4.69, 9.17) is 5.14 Å². The van der Waals surface area contributed by atoms with Gasteiger partial charge in [0.15, 0.2) is 0 Å². The minimum absolute atomic E-state index is 0.125. The van der Waals surface area contributed by atoms with Gasteiger partial charge in [-0.05, 0) is 43.4 Å². The zero-order valence-electron chi connectivity index (χ0n) is 12.2. The van der Waals surface area contributed by atoms with Gasteiger partial charge in [0, 0.05) is 12.1 Å². The Morgan fingerprint density at radius 3 is 2.65 bits per heavy atom. The van der Waals surface area contributed by atoms with Crippen LogP contribution in [-0.2, 0) is 10.0 Å². The zero-order chi connectivity index (χ0) is 14.8. The van der Waals surface area contributed by atoms with E-state index in [-0.39, 0.29) is 10.9 Å². The van der Waals surface area contributed by atoms with Crippen molar-refractivity contribution < 1.29 is 8.42 Å². The van der Waals surface area contributed by atoms with Crippen LogP contribution in [-0.4, -0.2) is 14.5 Å². The second-order valence-electron chi connectivity index (χ2n) is 5.79. The van der Waals surface area contributed by atoms with Crippen LogP contribution in [0.15, 0.2) is 29.2 Å². The van der Waals surface area contributed by atoms with Crippen LogP contribution >= 0.6 is 0 Å². The predicted octanol–water partition coefficient (Wildman–Crippen LogP) is 2.56. The molecule has 1 aromatic carbocycles. The van der Waals surface area contributed by atoms with Gasteiger partial charge in [0.05, 0.1) is 4.90 Å². The van der Waals surface area contributed by atoms with Gasteiger partial charge >= 0.3 is 0 Å². The maximum Gasteiger partial charge on any atom is 0.238 e. The van der Waals surface area contributed by atoms with Crippen LogP contribution in [0.3, 0.4) is 0 Å². The van der Waals surface area contributed by atoms with E-state index in [1.165, 1.54) is 25.3 Å². The number of hydrogen-bond acceptors (Lipinski definition) is 3. The number of nitrogens with one attached hydrogen (secondary N) is 1. The first-order valence-electron chi connectivity index (χ1n) is 7.29. The summed E-state index contributed by atoms with van der Waals surface area (Å²) < 4.78 is 22.8. The lowest BCUT2D eigenvalue weighted by atomic mass is 10.0. The highest BCUT2D eigenvalue weighted by Crippen LogP contribution is 2.34. The largest absolute Gasteiger partial charge is 0.307 e. The summed E-state index contributed by atoms with van der Waals surface area (Å²) in [6.45, 7) is 4.26. The molecule has 3 N–H and O–H groups in total. The average Bonchev–Trinajstić information content (AvgIpc) is 3.21. The van der Waals surface area contributed by atoms with Gasteiger partial charge < -0.3 is 5.32 Å². The molecule has 0 bridgehead atoms. The SMILES string of the molecule is CCC(CC1CC1)NC(C)c1cccc(S(N)(=O)=O)c1. The van der Waals surface area contributed by atoms with Gasteiger partial charge in [-0.15, -0.1) is 0 Å². The molecule has 1 aliphatic carbocycles. The molecule has 2 atom stereocenters. The molecule has 112 valence electrons. The lowest BCUT2D eigenvalue weighted by Gasteiger charge is -2.23. The van der Waals surface area contributed by atoms with Crippen LogP contribution in [0.25, 0.3) is 0 Å². The van der Waals surface area contributed by atoms with Crippen LogP contribution in [0.2, 0.25) is 0 Å². The number of benzene rings is 1. The Hall–Kier alpha value is -0.910. The molecular formula is C15H24N2O2S.